The number of benzene rings is 2. The first-order valence-corrected chi connectivity index (χ1v) is 13.6. The minimum Gasteiger partial charge on any atom is -0.493 e. The van der Waals surface area contributed by atoms with Crippen molar-refractivity contribution in [1.82, 2.24) is 9.80 Å². The van der Waals surface area contributed by atoms with Crippen LogP contribution in [-0.4, -0.2) is 71.8 Å². The van der Waals surface area contributed by atoms with Crippen LogP contribution in [0.15, 0.2) is 55.1 Å². The average Bonchev–Trinajstić information content (AvgIpc) is 3.28. The first-order valence-electron chi connectivity index (χ1n) is 13.6. The number of aliphatic hydroxyl groups is 1. The Morgan fingerprint density at radius 3 is 2.67 bits per heavy atom. The van der Waals surface area contributed by atoms with Gasteiger partial charge < -0.3 is 19.5 Å². The van der Waals surface area contributed by atoms with E-state index in [-0.39, 0.29) is 18.0 Å². The van der Waals surface area contributed by atoms with Crippen LogP contribution < -0.4 is 9.47 Å². The van der Waals surface area contributed by atoms with E-state index in [1.165, 1.54) is 24.3 Å². The summed E-state index contributed by atoms with van der Waals surface area (Å²) in [5, 5.41) is 12.5. The largest absolute Gasteiger partial charge is 0.493 e. The third kappa shape index (κ3) is 3.74. The highest BCUT2D eigenvalue weighted by atomic mass is 19.4. The molecule has 1 spiro atoms. The zero-order valence-electron chi connectivity index (χ0n) is 22.6. The summed E-state index contributed by atoms with van der Waals surface area (Å²) in [7, 11) is 3.33. The van der Waals surface area contributed by atoms with Gasteiger partial charge in [0.05, 0.1) is 29.7 Å². The molecule has 1 amide bonds. The van der Waals surface area contributed by atoms with Crippen LogP contribution in [0.2, 0.25) is 0 Å². The lowest BCUT2D eigenvalue weighted by Crippen LogP contribution is -2.78. The smallest absolute Gasteiger partial charge is 0.416 e. The first-order chi connectivity index (χ1) is 19.0. The molecule has 2 aliphatic carbocycles. The lowest BCUT2D eigenvalue weighted by atomic mass is 9.48. The van der Waals surface area contributed by atoms with Gasteiger partial charge in [0.15, 0.2) is 11.5 Å². The Morgan fingerprint density at radius 1 is 1.25 bits per heavy atom. The maximum Gasteiger partial charge on any atom is 0.416 e. The molecule has 1 saturated carbocycles. The van der Waals surface area contributed by atoms with Crippen molar-refractivity contribution in [3.63, 3.8) is 0 Å². The van der Waals surface area contributed by atoms with Crippen molar-refractivity contribution in [2.75, 3.05) is 27.2 Å². The second-order valence-electron chi connectivity index (χ2n) is 11.3. The van der Waals surface area contributed by atoms with E-state index in [9.17, 15) is 23.1 Å². The zero-order valence-corrected chi connectivity index (χ0v) is 22.6. The van der Waals surface area contributed by atoms with E-state index < -0.39 is 28.9 Å². The highest BCUT2D eigenvalue weighted by Gasteiger charge is 2.73. The molecule has 6 nitrogen and oxygen atoms in total. The van der Waals surface area contributed by atoms with Gasteiger partial charge in [-0.05, 0) is 67.6 Å². The lowest BCUT2D eigenvalue weighted by Gasteiger charge is -2.64. The molecule has 2 aliphatic heterocycles. The van der Waals surface area contributed by atoms with E-state index in [2.05, 4.69) is 17.5 Å². The molecule has 6 rings (SSSR count). The van der Waals surface area contributed by atoms with Crippen molar-refractivity contribution < 1.29 is 32.5 Å². The summed E-state index contributed by atoms with van der Waals surface area (Å²) in [6.07, 6.45) is 2.31. The van der Waals surface area contributed by atoms with Crippen molar-refractivity contribution in [2.45, 2.75) is 61.1 Å². The molecule has 2 bridgehead atoms. The second kappa shape index (κ2) is 9.38. The van der Waals surface area contributed by atoms with Gasteiger partial charge in [0.1, 0.15) is 6.10 Å². The first kappa shape index (κ1) is 26.9. The number of hydrogen-bond donors (Lipinski definition) is 1. The number of rotatable bonds is 6. The van der Waals surface area contributed by atoms with E-state index in [4.69, 9.17) is 9.47 Å². The number of alkyl halides is 3. The topological polar surface area (TPSA) is 62.2 Å². The van der Waals surface area contributed by atoms with Crippen molar-refractivity contribution in [3.8, 4) is 11.5 Å². The van der Waals surface area contributed by atoms with Crippen LogP contribution in [0.1, 0.15) is 41.5 Å². The maximum atomic E-state index is 13.4. The Hall–Kier alpha value is -3.30. The molecule has 40 heavy (non-hydrogen) atoms. The van der Waals surface area contributed by atoms with Crippen LogP contribution in [-0.2, 0) is 22.8 Å². The number of nitrogens with zero attached hydrogens (tertiary/aromatic N) is 2. The molecule has 2 heterocycles. The Labute approximate surface area is 231 Å². The fraction of sp³-hybridized carbons (Fsp3) is 0.452. The summed E-state index contributed by atoms with van der Waals surface area (Å²) in [6, 6.07) is 8.26. The van der Waals surface area contributed by atoms with Gasteiger partial charge >= 0.3 is 6.18 Å². The third-order valence-corrected chi connectivity index (χ3v) is 9.61. The number of halogens is 3. The Kier molecular flexibility index (Phi) is 6.31. The number of carbonyl (C=O) groups is 1. The highest BCUT2D eigenvalue weighted by molar-refractivity contribution is 5.92. The summed E-state index contributed by atoms with van der Waals surface area (Å²) >= 11 is 0. The van der Waals surface area contributed by atoms with E-state index >= 15 is 0 Å². The van der Waals surface area contributed by atoms with Crippen LogP contribution in [0.3, 0.4) is 0 Å². The third-order valence-electron chi connectivity index (χ3n) is 9.61. The SMILES string of the molecule is C=CCN1CC[C@]23c4c5ccc(OC)c4O[C@H]2[C@@H](N(C)C(=O)C=Cc2ccc(C(F)(F)F)cc2)CC[C@@]3(O)[C@H]1C5. The number of ether oxygens (including phenoxy) is 2. The monoisotopic (exact) mass is 554 g/mol. The van der Waals surface area contributed by atoms with Crippen molar-refractivity contribution in [1.29, 1.82) is 0 Å². The number of likely N-dealkylation sites (tertiary alicyclic amines) is 1. The predicted molar refractivity (Wildman–Crippen MR) is 144 cm³/mol. The molecule has 2 aromatic carbocycles. The van der Waals surface area contributed by atoms with Gasteiger partial charge in [-0.3, -0.25) is 9.69 Å². The van der Waals surface area contributed by atoms with Crippen LogP contribution >= 0.6 is 0 Å². The van der Waals surface area contributed by atoms with Gasteiger partial charge in [0.25, 0.3) is 0 Å². The van der Waals surface area contributed by atoms with E-state index in [0.717, 1.165) is 29.8 Å². The Bertz CT molecular complexity index is 1370. The number of piperidine rings is 1. The molecule has 2 aromatic rings. The summed E-state index contributed by atoms with van der Waals surface area (Å²) in [4.78, 5) is 17.3. The van der Waals surface area contributed by atoms with E-state index in [1.807, 2.05) is 12.1 Å². The van der Waals surface area contributed by atoms with Crippen molar-refractivity contribution >= 4 is 12.0 Å². The maximum absolute atomic E-state index is 13.4. The van der Waals surface area contributed by atoms with Crippen LogP contribution in [0.25, 0.3) is 6.08 Å². The number of amides is 1. The predicted octanol–water partition coefficient (Wildman–Crippen LogP) is 4.59. The van der Waals surface area contributed by atoms with Gasteiger partial charge in [-0.15, -0.1) is 6.58 Å². The summed E-state index contributed by atoms with van der Waals surface area (Å²) in [5.41, 5.74) is 0.175. The second-order valence-corrected chi connectivity index (χ2v) is 11.3. The molecule has 1 saturated heterocycles. The van der Waals surface area contributed by atoms with Gasteiger partial charge in [-0.2, -0.15) is 13.2 Å². The molecule has 0 aromatic heterocycles. The molecule has 0 unspecified atom stereocenters. The fourth-order valence-corrected chi connectivity index (χ4v) is 7.77. The molecular formula is C31H33F3N2O4. The summed E-state index contributed by atoms with van der Waals surface area (Å²) in [5.74, 6) is 0.994. The summed E-state index contributed by atoms with van der Waals surface area (Å²) < 4.78 is 51.1. The van der Waals surface area contributed by atoms with Crippen molar-refractivity contribution in [2.24, 2.45) is 0 Å². The molecule has 4 aliphatic rings. The molecular weight excluding hydrogens is 521 g/mol. The lowest BCUT2D eigenvalue weighted by molar-refractivity contribution is -0.198. The Morgan fingerprint density at radius 2 is 2.00 bits per heavy atom. The van der Waals surface area contributed by atoms with Gasteiger partial charge in [-0.25, -0.2) is 0 Å². The van der Waals surface area contributed by atoms with Gasteiger partial charge in [0, 0.05) is 31.3 Å². The molecule has 2 fully saturated rings. The van der Waals surface area contributed by atoms with E-state index in [0.29, 0.717) is 49.3 Å². The minimum atomic E-state index is -4.41. The molecule has 212 valence electrons. The van der Waals surface area contributed by atoms with Crippen LogP contribution in [0.5, 0.6) is 11.5 Å². The number of hydrogen-bond acceptors (Lipinski definition) is 5. The normalized spacial score (nSPS) is 30.5. The van der Waals surface area contributed by atoms with Crippen LogP contribution in [0.4, 0.5) is 13.2 Å². The summed E-state index contributed by atoms with van der Waals surface area (Å²) in [6.45, 7) is 5.38. The van der Waals surface area contributed by atoms with Gasteiger partial charge in [0.2, 0.25) is 5.91 Å². The number of methoxy groups -OCH3 is 1. The molecule has 9 heteroatoms. The molecule has 1 N–H and O–H groups in total. The minimum absolute atomic E-state index is 0.0984. The number of likely N-dealkylation sites (N-methyl/N-ethyl adjacent to an activating group) is 1. The van der Waals surface area contributed by atoms with Crippen molar-refractivity contribution in [3.05, 3.63) is 77.4 Å². The average molecular weight is 555 g/mol. The van der Waals surface area contributed by atoms with Crippen LogP contribution in [0, 0.1) is 0 Å². The Balaban J connectivity index is 1.33. The van der Waals surface area contributed by atoms with E-state index in [1.54, 1.807) is 19.1 Å². The molecule has 0 radical (unpaired) electrons. The number of carbonyl (C=O) groups excluding carboxylic acids is 1. The highest BCUT2D eigenvalue weighted by Crippen LogP contribution is 2.65. The quantitative estimate of drug-likeness (QED) is 0.418. The van der Waals surface area contributed by atoms with Gasteiger partial charge in [-0.1, -0.05) is 24.3 Å². The molecule has 5 atom stereocenters. The standard InChI is InChI=1S/C31H33F3N2O4/c1-4-16-36-17-15-29-26-20-8-11-23(39-3)27(26)40-28(29)22(13-14-30(29,38)24(36)18-20)35(2)25(37)12-7-19-5-9-21(10-6-19)31(32,33)34/h4-12,22,24,28,38H,1,13-18H2,2-3H3/t22-,24+,28-,29-,30+/m0/s1. The zero-order chi connectivity index (χ0) is 28.4. The fourth-order valence-electron chi connectivity index (χ4n) is 7.77.